The second-order valence-electron chi connectivity index (χ2n) is 4.60. The van der Waals surface area contributed by atoms with Crippen LogP contribution in [0, 0.1) is 0 Å². The summed E-state index contributed by atoms with van der Waals surface area (Å²) >= 11 is 0. The number of benzene rings is 1. The minimum atomic E-state index is -1.18. The Kier molecular flexibility index (Phi) is 4.49. The zero-order valence-electron chi connectivity index (χ0n) is 11.2. The lowest BCUT2D eigenvalue weighted by molar-refractivity contribution is -0.125. The van der Waals surface area contributed by atoms with Gasteiger partial charge in [-0.2, -0.15) is 5.10 Å². The molecule has 0 saturated heterocycles. The number of rotatable bonds is 6. The second kappa shape index (κ2) is 6.31. The first kappa shape index (κ1) is 14.2. The van der Waals surface area contributed by atoms with Crippen molar-refractivity contribution in [3.63, 3.8) is 0 Å². The molecule has 0 fully saturated rings. The van der Waals surface area contributed by atoms with Crippen molar-refractivity contribution in [2.45, 2.75) is 19.1 Å². The molecule has 0 aliphatic carbocycles. The predicted octanol–water partition coefficient (Wildman–Crippen LogP) is 0.369. The van der Waals surface area contributed by atoms with Gasteiger partial charge in [0.25, 0.3) is 0 Å². The van der Waals surface area contributed by atoms with Gasteiger partial charge < -0.3 is 16.2 Å². The van der Waals surface area contributed by atoms with Crippen molar-refractivity contribution in [3.8, 4) is 5.69 Å². The Hall–Kier alpha value is -2.18. The summed E-state index contributed by atoms with van der Waals surface area (Å²) in [5, 5.41) is 16.7. The Labute approximate surface area is 117 Å². The Morgan fingerprint density at radius 1 is 1.45 bits per heavy atom. The first-order chi connectivity index (χ1) is 9.58. The fraction of sp³-hybridized carbons (Fsp3) is 0.286. The predicted molar refractivity (Wildman–Crippen MR) is 75.2 cm³/mol. The first-order valence-electron chi connectivity index (χ1n) is 6.38. The molecule has 0 bridgehead atoms. The van der Waals surface area contributed by atoms with Gasteiger partial charge in [-0.1, -0.05) is 18.2 Å². The second-order valence-corrected chi connectivity index (χ2v) is 4.60. The molecule has 2 aromatic rings. The molecule has 6 nitrogen and oxygen atoms in total. The Morgan fingerprint density at radius 2 is 2.15 bits per heavy atom. The minimum absolute atomic E-state index is 0.0403. The van der Waals surface area contributed by atoms with Gasteiger partial charge in [0, 0.05) is 24.3 Å². The van der Waals surface area contributed by atoms with Crippen molar-refractivity contribution in [2.24, 2.45) is 5.73 Å². The number of hydrogen-bond donors (Lipinski definition) is 3. The standard InChI is InChI=1S/C14H18N4O2/c1-10(16-8-13(19)14(15)20)11-7-17-18(9-11)12-5-3-2-4-6-12/h2-7,9-10,13,16,19H,8H2,1H3,(H2,15,20). The van der Waals surface area contributed by atoms with Gasteiger partial charge >= 0.3 is 0 Å². The minimum Gasteiger partial charge on any atom is -0.382 e. The number of para-hydroxylation sites is 1. The summed E-state index contributed by atoms with van der Waals surface area (Å²) < 4.78 is 1.78. The normalized spacial score (nSPS) is 13.9. The van der Waals surface area contributed by atoms with Gasteiger partial charge in [0.2, 0.25) is 5.91 Å². The van der Waals surface area contributed by atoms with Gasteiger partial charge in [-0.15, -0.1) is 0 Å². The number of amides is 1. The van der Waals surface area contributed by atoms with Crippen molar-refractivity contribution in [1.29, 1.82) is 0 Å². The number of aliphatic hydroxyl groups excluding tert-OH is 1. The van der Waals surface area contributed by atoms with Gasteiger partial charge in [0.15, 0.2) is 0 Å². The highest BCUT2D eigenvalue weighted by Crippen LogP contribution is 2.14. The van der Waals surface area contributed by atoms with E-state index in [-0.39, 0.29) is 12.6 Å². The van der Waals surface area contributed by atoms with Crippen molar-refractivity contribution < 1.29 is 9.90 Å². The highest BCUT2D eigenvalue weighted by molar-refractivity contribution is 5.78. The van der Waals surface area contributed by atoms with E-state index in [1.54, 1.807) is 10.9 Å². The van der Waals surface area contributed by atoms with Crippen molar-refractivity contribution in [1.82, 2.24) is 15.1 Å². The molecule has 2 rings (SSSR count). The van der Waals surface area contributed by atoms with E-state index >= 15 is 0 Å². The van der Waals surface area contributed by atoms with Gasteiger partial charge in [-0.05, 0) is 19.1 Å². The molecule has 1 aromatic carbocycles. The summed E-state index contributed by atoms with van der Waals surface area (Å²) in [6, 6.07) is 9.73. The van der Waals surface area contributed by atoms with Crippen molar-refractivity contribution in [3.05, 3.63) is 48.3 Å². The van der Waals surface area contributed by atoms with E-state index < -0.39 is 12.0 Å². The molecule has 2 unspecified atom stereocenters. The maximum Gasteiger partial charge on any atom is 0.247 e. The lowest BCUT2D eigenvalue weighted by Gasteiger charge is -2.13. The van der Waals surface area contributed by atoms with Gasteiger partial charge in [-0.25, -0.2) is 4.68 Å². The molecule has 106 valence electrons. The number of carbonyl (C=O) groups excluding carboxylic acids is 1. The van der Waals surface area contributed by atoms with Crippen LogP contribution in [0.15, 0.2) is 42.7 Å². The maximum atomic E-state index is 10.8. The molecule has 20 heavy (non-hydrogen) atoms. The van der Waals surface area contributed by atoms with E-state index in [0.29, 0.717) is 0 Å². The van der Waals surface area contributed by atoms with Crippen LogP contribution in [0.2, 0.25) is 0 Å². The summed E-state index contributed by atoms with van der Waals surface area (Å²) in [4.78, 5) is 10.8. The molecule has 0 spiro atoms. The Balaban J connectivity index is 2.00. The Bertz CT molecular complexity index is 568. The highest BCUT2D eigenvalue weighted by Gasteiger charge is 2.14. The van der Waals surface area contributed by atoms with E-state index in [4.69, 9.17) is 5.73 Å². The van der Waals surface area contributed by atoms with Crippen LogP contribution in [0.3, 0.4) is 0 Å². The fourth-order valence-corrected chi connectivity index (χ4v) is 1.79. The van der Waals surface area contributed by atoms with Crippen LogP contribution < -0.4 is 11.1 Å². The molecule has 0 aliphatic heterocycles. The third-order valence-electron chi connectivity index (χ3n) is 3.07. The molecule has 1 amide bonds. The van der Waals surface area contributed by atoms with Crippen LogP contribution in [0.5, 0.6) is 0 Å². The number of nitrogens with zero attached hydrogens (tertiary/aromatic N) is 2. The number of nitrogens with one attached hydrogen (secondary N) is 1. The average molecular weight is 274 g/mol. The van der Waals surface area contributed by atoms with Crippen molar-refractivity contribution >= 4 is 5.91 Å². The molecule has 1 heterocycles. The lowest BCUT2D eigenvalue weighted by Crippen LogP contribution is -2.38. The van der Waals surface area contributed by atoms with E-state index in [1.165, 1.54) is 0 Å². The lowest BCUT2D eigenvalue weighted by atomic mass is 10.2. The Morgan fingerprint density at radius 3 is 2.80 bits per heavy atom. The topological polar surface area (TPSA) is 93.2 Å². The van der Waals surface area contributed by atoms with E-state index in [0.717, 1.165) is 11.3 Å². The van der Waals surface area contributed by atoms with Gasteiger partial charge in [0.05, 0.1) is 11.9 Å². The molecule has 1 aromatic heterocycles. The molecule has 0 saturated carbocycles. The summed E-state index contributed by atoms with van der Waals surface area (Å²) in [5.74, 6) is -0.732. The zero-order chi connectivity index (χ0) is 14.5. The van der Waals surface area contributed by atoms with Crippen LogP contribution in [-0.4, -0.2) is 33.4 Å². The van der Waals surface area contributed by atoms with E-state index in [9.17, 15) is 9.90 Å². The molecule has 6 heteroatoms. The monoisotopic (exact) mass is 274 g/mol. The average Bonchev–Trinajstić information content (AvgIpc) is 2.95. The van der Waals surface area contributed by atoms with Gasteiger partial charge in [0.1, 0.15) is 6.10 Å². The third kappa shape index (κ3) is 3.43. The molecule has 4 N–H and O–H groups in total. The molecule has 0 radical (unpaired) electrons. The highest BCUT2D eigenvalue weighted by atomic mass is 16.3. The summed E-state index contributed by atoms with van der Waals surface area (Å²) in [6.07, 6.45) is 2.48. The van der Waals surface area contributed by atoms with Crippen LogP contribution in [0.1, 0.15) is 18.5 Å². The largest absolute Gasteiger partial charge is 0.382 e. The number of aromatic nitrogens is 2. The number of primary amides is 1. The number of aliphatic hydroxyl groups is 1. The van der Waals surface area contributed by atoms with Crippen LogP contribution >= 0.6 is 0 Å². The number of hydrogen-bond acceptors (Lipinski definition) is 4. The van der Waals surface area contributed by atoms with E-state index in [1.807, 2.05) is 43.5 Å². The fourth-order valence-electron chi connectivity index (χ4n) is 1.79. The summed E-state index contributed by atoms with van der Waals surface area (Å²) in [6.45, 7) is 2.05. The molecular weight excluding hydrogens is 256 g/mol. The maximum absolute atomic E-state index is 10.8. The van der Waals surface area contributed by atoms with Crippen LogP contribution in [0.4, 0.5) is 0 Å². The number of nitrogens with two attached hydrogens (primary N) is 1. The smallest absolute Gasteiger partial charge is 0.247 e. The molecular formula is C14H18N4O2. The molecule has 0 aliphatic rings. The third-order valence-corrected chi connectivity index (χ3v) is 3.07. The SMILES string of the molecule is CC(NCC(O)C(N)=O)c1cnn(-c2ccccc2)c1. The quantitative estimate of drug-likeness (QED) is 0.709. The van der Waals surface area contributed by atoms with Gasteiger partial charge in [-0.3, -0.25) is 4.79 Å². The molecule has 2 atom stereocenters. The first-order valence-corrected chi connectivity index (χ1v) is 6.38. The van der Waals surface area contributed by atoms with Crippen molar-refractivity contribution in [2.75, 3.05) is 6.54 Å². The summed E-state index contributed by atoms with van der Waals surface area (Å²) in [5.41, 5.74) is 6.93. The van der Waals surface area contributed by atoms with Crippen LogP contribution in [0.25, 0.3) is 5.69 Å². The summed E-state index contributed by atoms with van der Waals surface area (Å²) in [7, 11) is 0. The van der Waals surface area contributed by atoms with Crippen LogP contribution in [-0.2, 0) is 4.79 Å². The number of carbonyl (C=O) groups is 1. The zero-order valence-corrected chi connectivity index (χ0v) is 11.2. The van der Waals surface area contributed by atoms with E-state index in [2.05, 4.69) is 10.4 Å².